The second kappa shape index (κ2) is 43.9. The number of thiazole rings is 2. The summed E-state index contributed by atoms with van der Waals surface area (Å²) in [6.07, 6.45) is 24.4. The van der Waals surface area contributed by atoms with Crippen LogP contribution in [0.4, 0.5) is 17.6 Å². The first-order valence-electron chi connectivity index (χ1n) is 36.1. The van der Waals surface area contributed by atoms with E-state index in [0.29, 0.717) is 116 Å². The molecule has 0 N–H and O–H groups in total. The fourth-order valence-electron chi connectivity index (χ4n) is 10.6. The van der Waals surface area contributed by atoms with Crippen LogP contribution >= 0.6 is 57.5 Å². The minimum atomic E-state index is -1.15. The number of oxazole rings is 1. The fourth-order valence-corrected chi connectivity index (χ4v) is 12.9. The summed E-state index contributed by atoms with van der Waals surface area (Å²) in [5, 5.41) is 12.5. The highest BCUT2D eigenvalue weighted by Crippen LogP contribution is 2.33. The van der Waals surface area contributed by atoms with Crippen molar-refractivity contribution in [3.05, 3.63) is 348 Å². The molecule has 0 fully saturated rings. The predicted octanol–water partition coefficient (Wildman–Crippen LogP) is 19.6. The molecule has 614 valence electrons. The van der Waals surface area contributed by atoms with Gasteiger partial charge in [-0.15, -0.1) is 11.3 Å². The Morgan fingerprint density at radius 2 is 0.861 bits per heavy atom. The Labute approximate surface area is 715 Å². The van der Waals surface area contributed by atoms with Crippen molar-refractivity contribution in [1.29, 1.82) is 5.26 Å². The van der Waals surface area contributed by atoms with Crippen LogP contribution in [-0.2, 0) is 38.5 Å². The summed E-state index contributed by atoms with van der Waals surface area (Å²) in [4.78, 5) is 121. The number of aryl methyl sites for hydroxylation is 3. The number of pyridine rings is 2. The number of ketones is 5. The maximum atomic E-state index is 13.7. The number of carbonyl (C=O) groups excluding carboxylic acids is 5. The van der Waals surface area contributed by atoms with Crippen molar-refractivity contribution in [2.45, 2.75) is 72.4 Å². The molecule has 15 rings (SSSR count). The van der Waals surface area contributed by atoms with Crippen LogP contribution in [0.5, 0.6) is 57.5 Å². The lowest BCUT2D eigenvalue weighted by Gasteiger charge is -2.08. The Morgan fingerprint density at radius 3 is 1.27 bits per heavy atom. The molecule has 122 heavy (non-hydrogen) atoms. The molecule has 0 bridgehead atoms. The van der Waals surface area contributed by atoms with Gasteiger partial charge in [-0.05, 0) is 136 Å². The SMILES string of the molecule is CC(F)c1csc(CC(=O)c2cc(Cl)cc(Oc3cncnc3)c2)n1.CCc1cccc(CC(=O)c2cc(Cl)cc(Oc3cncnc3)c2)n1.Cc1coc(CC(=O)c2cc(F)cc(Oc3cncnc3)c2)n1.Cc1nc(CC(=O)c2cc(Cl)cc(Oc3cncnc3)c2)sc1F.N#Cc1cc(Oc2cncnc2)cc(C(=O)Cc2cc(F)ccn2)c1. The Kier molecular flexibility index (Phi) is 31.9. The van der Waals surface area contributed by atoms with E-state index in [0.717, 1.165) is 35.2 Å². The second-order valence-electron chi connectivity index (χ2n) is 25.5. The van der Waals surface area contributed by atoms with E-state index >= 15 is 0 Å². The van der Waals surface area contributed by atoms with Crippen LogP contribution in [0.15, 0.2) is 237 Å². The predicted molar refractivity (Wildman–Crippen MR) is 440 cm³/mol. The van der Waals surface area contributed by atoms with Crippen molar-refractivity contribution >= 4 is 86.4 Å². The molecule has 0 amide bonds. The third-order valence-corrected chi connectivity index (χ3v) is 18.5. The summed E-state index contributed by atoms with van der Waals surface area (Å²) in [7, 11) is 0. The third-order valence-electron chi connectivity index (χ3n) is 16.0. The quantitative estimate of drug-likeness (QED) is 0.0341. The molecule has 0 aliphatic carbocycles. The van der Waals surface area contributed by atoms with Crippen LogP contribution < -0.4 is 23.7 Å². The number of alkyl halides is 1. The first-order chi connectivity index (χ1) is 58.9. The number of hydrogen-bond acceptors (Lipinski definition) is 29. The molecule has 0 saturated heterocycles. The average Bonchev–Trinajstić information content (AvgIpc) is 1.17. The van der Waals surface area contributed by atoms with Crippen LogP contribution in [0.3, 0.4) is 0 Å². The Bertz CT molecular complexity index is 6160. The first kappa shape index (κ1) is 88.5. The zero-order chi connectivity index (χ0) is 86.4. The lowest BCUT2D eigenvalue weighted by Crippen LogP contribution is -2.06. The number of nitrogens with zero attached hydrogens (tertiary/aromatic N) is 16. The highest BCUT2D eigenvalue weighted by atomic mass is 35.5. The van der Waals surface area contributed by atoms with Crippen LogP contribution in [0, 0.1) is 41.9 Å². The number of hydrogen-bond donors (Lipinski definition) is 0. The van der Waals surface area contributed by atoms with Crippen molar-refractivity contribution in [3.8, 4) is 63.6 Å². The minimum absolute atomic E-state index is 0.00363. The Balaban J connectivity index is 0.000000149. The van der Waals surface area contributed by atoms with Crippen molar-refractivity contribution < 1.29 is 69.6 Å². The zero-order valence-electron chi connectivity index (χ0n) is 64.4. The van der Waals surface area contributed by atoms with Gasteiger partial charge in [-0.2, -0.15) is 9.65 Å². The molecule has 36 heteroatoms. The largest absolute Gasteiger partial charge is 0.454 e. The van der Waals surface area contributed by atoms with Crippen LogP contribution in [0.2, 0.25) is 15.1 Å². The molecule has 1 unspecified atom stereocenters. The summed E-state index contributed by atoms with van der Waals surface area (Å²) in [5.41, 5.74) is 5.28. The number of halogens is 7. The molecule has 0 spiro atoms. The van der Waals surface area contributed by atoms with Gasteiger partial charge in [0.15, 0.2) is 62.8 Å². The summed E-state index contributed by atoms with van der Waals surface area (Å²) in [6, 6.07) is 32.7. The van der Waals surface area contributed by atoms with Gasteiger partial charge in [0.05, 0.1) is 128 Å². The van der Waals surface area contributed by atoms with Crippen molar-refractivity contribution in [3.63, 3.8) is 0 Å². The van der Waals surface area contributed by atoms with E-state index in [1.165, 1.54) is 173 Å². The van der Waals surface area contributed by atoms with E-state index in [1.807, 2.05) is 31.2 Å². The molecule has 0 aliphatic heterocycles. The monoisotopic (exact) mass is 1740 g/mol. The Hall–Kier alpha value is -14.3. The van der Waals surface area contributed by atoms with E-state index in [9.17, 15) is 41.5 Å². The lowest BCUT2D eigenvalue weighted by molar-refractivity contribution is 0.0977. The number of benzene rings is 5. The van der Waals surface area contributed by atoms with Gasteiger partial charge in [0.25, 0.3) is 0 Å². The highest BCUT2D eigenvalue weighted by Gasteiger charge is 2.21. The van der Waals surface area contributed by atoms with Crippen molar-refractivity contribution in [2.24, 2.45) is 0 Å². The number of aromatic nitrogens is 15. The van der Waals surface area contributed by atoms with Crippen LogP contribution in [0.1, 0.15) is 127 Å². The zero-order valence-corrected chi connectivity index (χ0v) is 68.3. The van der Waals surface area contributed by atoms with Gasteiger partial charge >= 0.3 is 0 Å². The molecular formula is C86H63Cl3F4N16O11S2. The fraction of sp³-hybridized carbons (Fsp3) is 0.128. The molecule has 0 aliphatic rings. The number of ether oxygens (including phenoxy) is 5. The van der Waals surface area contributed by atoms with Gasteiger partial charge in [-0.1, -0.05) is 59.1 Å². The number of Topliss-reactive ketones (excluding diaryl/α,β-unsaturated/α-hetero) is 5. The summed E-state index contributed by atoms with van der Waals surface area (Å²) >= 11 is 20.4. The van der Waals surface area contributed by atoms with Crippen LogP contribution in [0.25, 0.3) is 0 Å². The van der Waals surface area contributed by atoms with Crippen molar-refractivity contribution in [2.75, 3.05) is 0 Å². The van der Waals surface area contributed by atoms with Crippen LogP contribution in [-0.4, -0.2) is 104 Å². The minimum Gasteiger partial charge on any atom is -0.454 e. The van der Waals surface area contributed by atoms with Gasteiger partial charge in [0.1, 0.15) is 94.5 Å². The lowest BCUT2D eigenvalue weighted by atomic mass is 10.0. The molecule has 1 atom stereocenters. The normalized spacial score (nSPS) is 10.7. The smallest absolute Gasteiger partial charge is 0.202 e. The molecule has 27 nitrogen and oxygen atoms in total. The van der Waals surface area contributed by atoms with Crippen molar-refractivity contribution in [1.82, 2.24) is 74.8 Å². The highest BCUT2D eigenvalue weighted by molar-refractivity contribution is 7.10. The molecule has 10 aromatic heterocycles. The van der Waals surface area contributed by atoms with E-state index in [2.05, 4.69) is 74.8 Å². The van der Waals surface area contributed by atoms with Gasteiger partial charge < -0.3 is 28.1 Å². The Morgan fingerprint density at radius 1 is 0.451 bits per heavy atom. The molecule has 15 aromatic rings. The van der Waals surface area contributed by atoms with Gasteiger partial charge in [-0.3, -0.25) is 33.9 Å². The molecule has 0 saturated carbocycles. The summed E-state index contributed by atoms with van der Waals surface area (Å²) < 4.78 is 86.6. The van der Waals surface area contributed by atoms with E-state index in [-0.39, 0.29) is 94.5 Å². The van der Waals surface area contributed by atoms with Gasteiger partial charge in [0.2, 0.25) is 5.89 Å². The topological polar surface area (TPSA) is 362 Å². The van der Waals surface area contributed by atoms with Gasteiger partial charge in [0, 0.05) is 71.9 Å². The molecular weight excluding hydrogens is 1680 g/mol. The molecule has 0 radical (unpaired) electrons. The van der Waals surface area contributed by atoms with E-state index in [4.69, 9.17) is 68.2 Å². The average molecular weight is 1740 g/mol. The summed E-state index contributed by atoms with van der Waals surface area (Å²) in [5.74, 6) is 1.97. The van der Waals surface area contributed by atoms with E-state index in [1.54, 1.807) is 67.8 Å². The number of carbonyl (C=O) groups is 5. The summed E-state index contributed by atoms with van der Waals surface area (Å²) in [6.45, 7) is 6.76. The third kappa shape index (κ3) is 27.9. The maximum absolute atomic E-state index is 13.7. The standard InChI is InChI=1S/C19H16ClN3O2.C18H11FN4O2.C17H13ClFN3O2S.C16H11ClFN3O2S.C16H12FN3O3/c1-2-15-4-3-5-16(23-15)9-19(24)13-6-14(20)8-17(7-13)25-18-10-21-12-22-11-18;19-14-1-2-23-15(6-14)7-18(24)13-3-12(8-20)4-16(5-13)25-17-9-21-11-22-10-17;1-10(19)15-8-25-17(22-15)5-16(23)11-2-12(18)4-13(3-11)24-14-6-20-9-21-7-14;1-9-16(18)24-15(21-9)5-14(22)10-2-11(17)4-12(3-10)23-13-6-19-8-20-7-13;1-10-8-22-16(20-10)5-15(21)11-2-12(17)4-13(3-11)23-14-6-18-9-19-7-14/h3-8,10-12H,2,9H2,1H3;1-6,9-11H,7H2;2-4,6-10H,5H2,1H3;2-4,6-8H,5H2,1H3;2-4,6-9H,5H2,1H3. The first-order valence-corrected chi connectivity index (χ1v) is 39.0. The van der Waals surface area contributed by atoms with Gasteiger partial charge in [-0.25, -0.2) is 78.0 Å². The molecule has 10 heterocycles. The van der Waals surface area contributed by atoms with E-state index < -0.39 is 17.8 Å². The number of nitriles is 1. The number of rotatable bonds is 27. The second-order valence-corrected chi connectivity index (χ2v) is 28.8. The maximum Gasteiger partial charge on any atom is 0.202 e. The molecule has 5 aromatic carbocycles.